The minimum Gasteiger partial charge on any atom is -0.494 e. The Morgan fingerprint density at radius 1 is 1.07 bits per heavy atom. The first-order valence-electron chi connectivity index (χ1n) is 13.5. The van der Waals surface area contributed by atoms with Crippen molar-refractivity contribution in [1.82, 2.24) is 5.32 Å². The molecule has 3 aromatic rings. The molecule has 0 saturated heterocycles. The molecule has 0 radical (unpaired) electrons. The Bertz CT molecular complexity index is 1450. The van der Waals surface area contributed by atoms with Crippen molar-refractivity contribution in [2.75, 3.05) is 34.5 Å². The fourth-order valence-corrected chi connectivity index (χ4v) is 5.31. The van der Waals surface area contributed by atoms with Crippen LogP contribution >= 0.6 is 23.2 Å². The van der Waals surface area contributed by atoms with E-state index in [1.807, 2.05) is 0 Å². The largest absolute Gasteiger partial charge is 0.494 e. The molecule has 11 heteroatoms. The summed E-state index contributed by atoms with van der Waals surface area (Å²) < 4.78 is 28.4. The lowest BCUT2D eigenvalue weighted by Gasteiger charge is -2.30. The summed E-state index contributed by atoms with van der Waals surface area (Å²) in [6.45, 7) is 4.48. The summed E-state index contributed by atoms with van der Waals surface area (Å²) in [5, 5.41) is 12.8. The van der Waals surface area contributed by atoms with Gasteiger partial charge in [-0.2, -0.15) is 0 Å². The Labute approximate surface area is 261 Å². The van der Waals surface area contributed by atoms with Gasteiger partial charge in [0.05, 0.1) is 27.9 Å². The van der Waals surface area contributed by atoms with Crippen LogP contribution in [0, 0.1) is 0 Å². The lowest BCUT2D eigenvalue weighted by molar-refractivity contribution is -0.129. The van der Waals surface area contributed by atoms with Crippen molar-refractivity contribution in [3.8, 4) is 23.0 Å². The summed E-state index contributed by atoms with van der Waals surface area (Å²) in [6.07, 6.45) is 1.43. The van der Waals surface area contributed by atoms with E-state index in [4.69, 9.17) is 57.0 Å². The van der Waals surface area contributed by atoms with Crippen molar-refractivity contribution in [1.29, 1.82) is 0 Å². The molecule has 0 aliphatic carbocycles. The van der Waals surface area contributed by atoms with Crippen molar-refractivity contribution in [3.05, 3.63) is 94.0 Å². The van der Waals surface area contributed by atoms with E-state index < -0.39 is 17.6 Å². The number of ether oxygens (including phenoxy) is 5. The zero-order chi connectivity index (χ0) is 31.0. The molecule has 1 aliphatic heterocycles. The number of nitrogens with one attached hydrogen (secondary N) is 1. The lowest BCUT2D eigenvalue weighted by Crippen LogP contribution is -2.47. The van der Waals surface area contributed by atoms with E-state index in [9.17, 15) is 4.79 Å². The molecule has 0 fully saturated rings. The van der Waals surface area contributed by atoms with Crippen LogP contribution in [0.1, 0.15) is 35.6 Å². The van der Waals surface area contributed by atoms with E-state index in [1.54, 1.807) is 60.7 Å². The second-order valence-corrected chi connectivity index (χ2v) is 10.5. The number of aliphatic hydroxyl groups excluding tert-OH is 1. The molecule has 1 amide bonds. The minimum atomic E-state index is -1.44. The van der Waals surface area contributed by atoms with E-state index in [1.165, 1.54) is 21.3 Å². The molecule has 1 aliphatic rings. The molecule has 2 N–H and O–H groups in total. The molecule has 43 heavy (non-hydrogen) atoms. The molecule has 4 rings (SSSR count). The predicted octanol–water partition coefficient (Wildman–Crippen LogP) is 5.93. The van der Waals surface area contributed by atoms with Crippen molar-refractivity contribution < 1.29 is 33.6 Å². The van der Waals surface area contributed by atoms with Gasteiger partial charge in [0, 0.05) is 47.2 Å². The first-order chi connectivity index (χ1) is 20.8. The van der Waals surface area contributed by atoms with Crippen LogP contribution < -0.4 is 24.3 Å². The Balaban J connectivity index is 1.70. The van der Waals surface area contributed by atoms with Gasteiger partial charge in [0.15, 0.2) is 23.1 Å². The fraction of sp³-hybridized carbons (Fsp3) is 0.312. The van der Waals surface area contributed by atoms with Gasteiger partial charge in [-0.25, -0.2) is 4.99 Å². The van der Waals surface area contributed by atoms with Gasteiger partial charge in [-0.3, -0.25) is 4.79 Å². The molecule has 0 unspecified atom stereocenters. The topological polar surface area (TPSA) is 108 Å². The fourth-order valence-electron chi connectivity index (χ4n) is 4.80. The first kappa shape index (κ1) is 32.0. The number of hydrogen-bond acceptors (Lipinski definition) is 8. The van der Waals surface area contributed by atoms with Crippen LogP contribution in [0.4, 0.5) is 0 Å². The number of aliphatic imine (C=N–C) groups is 1. The van der Waals surface area contributed by atoms with E-state index >= 15 is 0 Å². The van der Waals surface area contributed by atoms with Gasteiger partial charge in [0.1, 0.15) is 5.75 Å². The van der Waals surface area contributed by atoms with E-state index in [0.717, 1.165) is 5.56 Å². The van der Waals surface area contributed by atoms with E-state index in [-0.39, 0.29) is 25.5 Å². The molecule has 0 aromatic heterocycles. The highest BCUT2D eigenvalue weighted by Gasteiger charge is 2.53. The van der Waals surface area contributed by atoms with Gasteiger partial charge in [0.25, 0.3) is 5.91 Å². The highest BCUT2D eigenvalue weighted by atomic mass is 35.5. The normalized spacial score (nSPS) is 17.4. The number of carbonyl (C=O) groups excluding carboxylic acids is 1. The Hall–Kier alpha value is -3.92. The van der Waals surface area contributed by atoms with Gasteiger partial charge in [-0.1, -0.05) is 35.3 Å². The standard InChI is InChI=1S/C32H34Cl2N2O7/c1-5-13-32(31(38)35-19-20-16-26(39-2)28(41-4)27(17-20)40-3)29(24-12-9-22(33)18-25(24)34)43-30(36-32)21-7-10-23(11-8-21)42-15-6-14-37/h5,7-12,16-18,29,37H,1,6,13-15,19H2,2-4H3,(H,35,38)/t29-,32-/m1/s1. The third-order valence-electron chi connectivity index (χ3n) is 6.91. The number of benzene rings is 3. The molecular weight excluding hydrogens is 595 g/mol. The Morgan fingerprint density at radius 2 is 1.77 bits per heavy atom. The van der Waals surface area contributed by atoms with Crippen LogP contribution in [-0.2, 0) is 16.1 Å². The molecule has 228 valence electrons. The maximum absolute atomic E-state index is 14.2. The van der Waals surface area contributed by atoms with E-state index in [2.05, 4.69) is 11.9 Å². The zero-order valence-electron chi connectivity index (χ0n) is 24.2. The molecule has 2 atom stereocenters. The number of nitrogens with zero attached hydrogens (tertiary/aromatic N) is 1. The van der Waals surface area contributed by atoms with Crippen molar-refractivity contribution in [3.63, 3.8) is 0 Å². The van der Waals surface area contributed by atoms with Gasteiger partial charge in [-0.15, -0.1) is 6.58 Å². The second kappa shape index (κ2) is 14.5. The molecule has 0 bridgehead atoms. The maximum atomic E-state index is 14.2. The highest BCUT2D eigenvalue weighted by molar-refractivity contribution is 6.35. The van der Waals surface area contributed by atoms with Crippen LogP contribution in [0.25, 0.3) is 0 Å². The second-order valence-electron chi connectivity index (χ2n) is 9.66. The van der Waals surface area contributed by atoms with E-state index in [0.29, 0.717) is 57.2 Å². The van der Waals surface area contributed by atoms with Crippen molar-refractivity contribution >= 4 is 35.0 Å². The van der Waals surface area contributed by atoms with Crippen LogP contribution in [-0.4, -0.2) is 57.0 Å². The molecule has 0 spiro atoms. The monoisotopic (exact) mass is 628 g/mol. The molecule has 9 nitrogen and oxygen atoms in total. The van der Waals surface area contributed by atoms with Crippen molar-refractivity contribution in [2.24, 2.45) is 4.99 Å². The lowest BCUT2D eigenvalue weighted by atomic mass is 9.84. The zero-order valence-corrected chi connectivity index (χ0v) is 25.7. The number of methoxy groups -OCH3 is 3. The first-order valence-corrected chi connectivity index (χ1v) is 14.3. The van der Waals surface area contributed by atoms with Gasteiger partial charge >= 0.3 is 0 Å². The van der Waals surface area contributed by atoms with Crippen molar-refractivity contribution in [2.45, 2.75) is 31.0 Å². The summed E-state index contributed by atoms with van der Waals surface area (Å²) in [4.78, 5) is 19.0. The minimum absolute atomic E-state index is 0.0460. The van der Waals surface area contributed by atoms with Crippen LogP contribution in [0.15, 0.2) is 72.2 Å². The van der Waals surface area contributed by atoms with Crippen LogP contribution in [0.3, 0.4) is 0 Å². The Morgan fingerprint density at radius 3 is 2.35 bits per heavy atom. The summed E-state index contributed by atoms with van der Waals surface area (Å²) in [5.74, 6) is 1.88. The molecular formula is C32H34Cl2N2O7. The Kier molecular flexibility index (Phi) is 10.8. The third-order valence-corrected chi connectivity index (χ3v) is 7.47. The third kappa shape index (κ3) is 7.01. The number of amides is 1. The number of aliphatic hydroxyl groups is 1. The summed E-state index contributed by atoms with van der Waals surface area (Å²) in [6, 6.07) is 15.7. The van der Waals surface area contributed by atoms with Crippen LogP contribution in [0.5, 0.6) is 23.0 Å². The summed E-state index contributed by atoms with van der Waals surface area (Å²) in [5.41, 5.74) is 0.481. The number of rotatable bonds is 14. The SMILES string of the molecule is C=CC[C@@]1(C(=O)NCc2cc(OC)c(OC)c(OC)c2)N=C(c2ccc(OCCCO)cc2)O[C@@H]1c1ccc(Cl)cc1Cl. The highest BCUT2D eigenvalue weighted by Crippen LogP contribution is 2.45. The average Bonchev–Trinajstić information content (AvgIpc) is 3.40. The number of hydrogen-bond donors (Lipinski definition) is 2. The predicted molar refractivity (Wildman–Crippen MR) is 166 cm³/mol. The summed E-state index contributed by atoms with van der Waals surface area (Å²) >= 11 is 12.8. The molecule has 3 aromatic carbocycles. The molecule has 0 saturated carbocycles. The number of halogens is 2. The average molecular weight is 630 g/mol. The van der Waals surface area contributed by atoms with Gasteiger partial charge in [0.2, 0.25) is 11.6 Å². The maximum Gasteiger partial charge on any atom is 0.252 e. The molecule has 1 heterocycles. The summed E-state index contributed by atoms with van der Waals surface area (Å²) in [7, 11) is 4.58. The van der Waals surface area contributed by atoms with Crippen LogP contribution in [0.2, 0.25) is 10.0 Å². The number of carbonyl (C=O) groups is 1. The van der Waals surface area contributed by atoms with Gasteiger partial charge < -0.3 is 34.1 Å². The quantitative estimate of drug-likeness (QED) is 0.168. The smallest absolute Gasteiger partial charge is 0.252 e. The van der Waals surface area contributed by atoms with Gasteiger partial charge in [-0.05, 0) is 54.1 Å².